The van der Waals surface area contributed by atoms with Crippen LogP contribution in [0, 0.1) is 0 Å². The van der Waals surface area contributed by atoms with Gasteiger partial charge in [-0.15, -0.1) is 11.3 Å². The lowest BCUT2D eigenvalue weighted by atomic mass is 9.70. The van der Waals surface area contributed by atoms with Crippen LogP contribution in [0.5, 0.6) is 0 Å². The van der Waals surface area contributed by atoms with Crippen LogP contribution < -0.4 is 4.90 Å². The molecule has 0 saturated carbocycles. The SMILES string of the molecule is c1ccc2c(c1)-c1ccccc1C21c2ccccc2-c2c(N(c3ccc(-c4cc5ccccc5s4)cc3)c3ccc4c5ccccc5c5ccccc5c4c3)cccc21. The lowest BCUT2D eigenvalue weighted by Crippen LogP contribution is -2.26. The minimum Gasteiger partial charge on any atom is -0.310 e. The average molecular weight is 766 g/mol. The highest BCUT2D eigenvalue weighted by Crippen LogP contribution is 2.64. The molecule has 1 heterocycles. The Bertz CT molecular complexity index is 3400. The van der Waals surface area contributed by atoms with E-state index in [0.717, 1.165) is 11.4 Å². The number of anilines is 3. The first-order valence-electron chi connectivity index (χ1n) is 20.4. The highest BCUT2D eigenvalue weighted by molar-refractivity contribution is 7.22. The molecule has 0 aliphatic heterocycles. The Morgan fingerprint density at radius 1 is 0.356 bits per heavy atom. The van der Waals surface area contributed by atoms with Gasteiger partial charge in [-0.25, -0.2) is 0 Å². The Morgan fingerprint density at radius 2 is 0.864 bits per heavy atom. The molecule has 11 aromatic rings. The summed E-state index contributed by atoms with van der Waals surface area (Å²) in [5, 5.41) is 8.93. The number of fused-ring (bicyclic) bond motifs is 17. The van der Waals surface area contributed by atoms with Crippen molar-refractivity contribution in [1.82, 2.24) is 0 Å². The number of thiophene rings is 1. The maximum Gasteiger partial charge on any atom is 0.0726 e. The van der Waals surface area contributed by atoms with E-state index >= 15 is 0 Å². The monoisotopic (exact) mass is 765 g/mol. The molecule has 0 N–H and O–H groups in total. The van der Waals surface area contributed by atoms with Gasteiger partial charge in [0.05, 0.1) is 11.1 Å². The zero-order valence-corrected chi connectivity index (χ0v) is 32.9. The van der Waals surface area contributed by atoms with Gasteiger partial charge in [0.15, 0.2) is 0 Å². The van der Waals surface area contributed by atoms with Crippen molar-refractivity contribution in [1.29, 1.82) is 0 Å². The zero-order valence-electron chi connectivity index (χ0n) is 32.1. The van der Waals surface area contributed by atoms with E-state index in [2.05, 4.69) is 217 Å². The van der Waals surface area contributed by atoms with Gasteiger partial charge in [0.1, 0.15) is 0 Å². The van der Waals surface area contributed by atoms with Gasteiger partial charge in [-0.1, -0.05) is 170 Å². The number of hydrogen-bond donors (Lipinski definition) is 0. The van der Waals surface area contributed by atoms with Crippen molar-refractivity contribution < 1.29 is 0 Å². The molecular weight excluding hydrogens is 731 g/mol. The van der Waals surface area contributed by atoms with Crippen LogP contribution in [-0.4, -0.2) is 0 Å². The van der Waals surface area contributed by atoms with Crippen molar-refractivity contribution in [2.45, 2.75) is 5.41 Å². The van der Waals surface area contributed by atoms with Gasteiger partial charge >= 0.3 is 0 Å². The summed E-state index contributed by atoms with van der Waals surface area (Å²) in [6, 6.07) is 79.4. The van der Waals surface area contributed by atoms with E-state index in [1.807, 2.05) is 11.3 Å². The maximum atomic E-state index is 2.51. The Hall–Kier alpha value is -7.26. The highest BCUT2D eigenvalue weighted by atomic mass is 32.1. The summed E-state index contributed by atoms with van der Waals surface area (Å²) >= 11 is 1.86. The van der Waals surface area contributed by atoms with Crippen molar-refractivity contribution in [2.24, 2.45) is 0 Å². The first kappa shape index (κ1) is 32.8. The quantitative estimate of drug-likeness (QED) is 0.161. The second kappa shape index (κ2) is 12.4. The van der Waals surface area contributed by atoms with Gasteiger partial charge in [0, 0.05) is 26.5 Å². The van der Waals surface area contributed by atoms with Gasteiger partial charge in [-0.2, -0.15) is 0 Å². The molecule has 0 amide bonds. The van der Waals surface area contributed by atoms with Crippen LogP contribution in [0.3, 0.4) is 0 Å². The van der Waals surface area contributed by atoms with Crippen LogP contribution in [0.15, 0.2) is 212 Å². The summed E-state index contributed by atoms with van der Waals surface area (Å²) in [5.41, 5.74) is 14.8. The molecule has 0 radical (unpaired) electrons. The first-order chi connectivity index (χ1) is 29.3. The molecule has 0 unspecified atom stereocenters. The number of nitrogens with zero attached hydrogens (tertiary/aromatic N) is 1. The molecular formula is C57H35NS. The van der Waals surface area contributed by atoms with Gasteiger partial charge in [-0.3, -0.25) is 0 Å². The lowest BCUT2D eigenvalue weighted by Gasteiger charge is -2.32. The third-order valence-corrected chi connectivity index (χ3v) is 14.2. The zero-order chi connectivity index (χ0) is 38.7. The third-order valence-electron chi connectivity index (χ3n) is 13.1. The molecule has 13 rings (SSSR count). The van der Waals surface area contributed by atoms with Gasteiger partial charge in [0.25, 0.3) is 0 Å². The number of rotatable bonds is 4. The fourth-order valence-electron chi connectivity index (χ4n) is 10.7. The van der Waals surface area contributed by atoms with Crippen LogP contribution in [0.25, 0.3) is 75.1 Å². The lowest BCUT2D eigenvalue weighted by molar-refractivity contribution is 0.794. The van der Waals surface area contributed by atoms with E-state index in [0.29, 0.717) is 0 Å². The standard InChI is InChI=1S/C57H35NS/c1-12-27-54-37(14-1)34-55(59-54)36-28-30-38(31-29-36)58(39-32-33-44-42-17-3-2-15-40(42)41-16-4-5-18-43(41)48(44)35-39)53-26-13-25-52-56(53)47-21-8-11-24-51(47)57(52)49-22-9-6-19-45(49)46-20-7-10-23-50(46)57/h1-35H. The van der Waals surface area contributed by atoms with Crippen molar-refractivity contribution in [3.63, 3.8) is 0 Å². The normalized spacial score (nSPS) is 13.2. The number of benzene rings is 10. The smallest absolute Gasteiger partial charge is 0.0726 e. The van der Waals surface area contributed by atoms with Gasteiger partial charge in [-0.05, 0) is 125 Å². The first-order valence-corrected chi connectivity index (χ1v) is 21.2. The van der Waals surface area contributed by atoms with Crippen LogP contribution in [-0.2, 0) is 5.41 Å². The van der Waals surface area contributed by atoms with Crippen LogP contribution in [0.1, 0.15) is 22.3 Å². The van der Waals surface area contributed by atoms with Gasteiger partial charge in [0.2, 0.25) is 0 Å². The minimum atomic E-state index is -0.426. The molecule has 10 aromatic carbocycles. The molecule has 0 saturated heterocycles. The van der Waals surface area contributed by atoms with E-state index in [1.165, 1.54) is 103 Å². The summed E-state index contributed by atoms with van der Waals surface area (Å²) in [7, 11) is 0. The molecule has 274 valence electrons. The fourth-order valence-corrected chi connectivity index (χ4v) is 11.7. The molecule has 1 spiro atoms. The van der Waals surface area contributed by atoms with Crippen molar-refractivity contribution in [2.75, 3.05) is 4.90 Å². The summed E-state index contributed by atoms with van der Waals surface area (Å²) in [6.07, 6.45) is 0. The Morgan fingerprint density at radius 3 is 1.53 bits per heavy atom. The Labute approximate surface area is 346 Å². The second-order valence-electron chi connectivity index (χ2n) is 15.9. The van der Waals surface area contributed by atoms with Crippen LogP contribution in [0.4, 0.5) is 17.1 Å². The maximum absolute atomic E-state index is 2.51. The molecule has 59 heavy (non-hydrogen) atoms. The average Bonchev–Trinajstić information content (AvgIpc) is 3.97. The predicted molar refractivity (Wildman–Crippen MR) is 251 cm³/mol. The fraction of sp³-hybridized carbons (Fsp3) is 0.0175. The summed E-state index contributed by atoms with van der Waals surface area (Å²) in [6.45, 7) is 0. The van der Waals surface area contributed by atoms with Crippen molar-refractivity contribution in [3.8, 4) is 32.7 Å². The van der Waals surface area contributed by atoms with Crippen LogP contribution >= 0.6 is 11.3 Å². The second-order valence-corrected chi connectivity index (χ2v) is 17.0. The Balaban J connectivity index is 1.09. The molecule has 0 fully saturated rings. The van der Waals surface area contributed by atoms with Crippen molar-refractivity contribution >= 4 is 70.8 Å². The molecule has 1 aromatic heterocycles. The Kier molecular flexibility index (Phi) is 6.87. The largest absolute Gasteiger partial charge is 0.310 e. The highest BCUT2D eigenvalue weighted by Gasteiger charge is 2.52. The minimum absolute atomic E-state index is 0.426. The summed E-state index contributed by atoms with van der Waals surface area (Å²) in [5.74, 6) is 0. The van der Waals surface area contributed by atoms with E-state index in [-0.39, 0.29) is 0 Å². The van der Waals surface area contributed by atoms with E-state index in [1.54, 1.807) is 0 Å². The predicted octanol–water partition coefficient (Wildman–Crippen LogP) is 15.8. The molecule has 0 atom stereocenters. The number of hydrogen-bond acceptors (Lipinski definition) is 2. The molecule has 2 aliphatic rings. The summed E-state index contributed by atoms with van der Waals surface area (Å²) < 4.78 is 1.31. The third kappa shape index (κ3) is 4.50. The van der Waals surface area contributed by atoms with Crippen LogP contribution in [0.2, 0.25) is 0 Å². The molecule has 2 aliphatic carbocycles. The van der Waals surface area contributed by atoms with E-state index < -0.39 is 5.41 Å². The van der Waals surface area contributed by atoms with Crippen molar-refractivity contribution in [3.05, 3.63) is 235 Å². The topological polar surface area (TPSA) is 3.24 Å². The van der Waals surface area contributed by atoms with E-state index in [4.69, 9.17) is 0 Å². The van der Waals surface area contributed by atoms with Gasteiger partial charge < -0.3 is 4.90 Å². The molecule has 2 heteroatoms. The van der Waals surface area contributed by atoms with E-state index in [9.17, 15) is 0 Å². The molecule has 0 bridgehead atoms. The molecule has 1 nitrogen and oxygen atoms in total. The summed E-state index contributed by atoms with van der Waals surface area (Å²) in [4.78, 5) is 3.79.